The van der Waals surface area contributed by atoms with E-state index in [9.17, 15) is 9.59 Å². The molecule has 1 aromatic rings. The fraction of sp³-hybridized carbons (Fsp3) is 0.429. The van der Waals surface area contributed by atoms with Crippen LogP contribution < -0.4 is 11.1 Å². The highest BCUT2D eigenvalue weighted by Gasteiger charge is 2.16. The highest BCUT2D eigenvalue weighted by atomic mass is 35.5. The number of esters is 1. The molecule has 0 aromatic heterocycles. The van der Waals surface area contributed by atoms with Crippen LogP contribution in [0.15, 0.2) is 18.2 Å². The van der Waals surface area contributed by atoms with E-state index in [1.807, 2.05) is 0 Å². The second-order valence-electron chi connectivity index (χ2n) is 4.81. The minimum absolute atomic E-state index is 0.0872. The third-order valence-electron chi connectivity index (χ3n) is 2.63. The Morgan fingerprint density at radius 2 is 2.10 bits per heavy atom. The van der Waals surface area contributed by atoms with Crippen LogP contribution in [0.5, 0.6) is 0 Å². The summed E-state index contributed by atoms with van der Waals surface area (Å²) in [4.78, 5) is 23.3. The second kappa shape index (κ2) is 7.75. The van der Waals surface area contributed by atoms with Gasteiger partial charge in [-0.2, -0.15) is 0 Å². The molecular weight excluding hydrogens is 280 g/mol. The summed E-state index contributed by atoms with van der Waals surface area (Å²) >= 11 is 5.88. The van der Waals surface area contributed by atoms with Gasteiger partial charge < -0.3 is 15.8 Å². The predicted molar refractivity (Wildman–Crippen MR) is 78.6 cm³/mol. The average molecular weight is 299 g/mol. The smallest absolute Gasteiger partial charge is 0.342 e. The fourth-order valence-corrected chi connectivity index (χ4v) is 1.77. The van der Waals surface area contributed by atoms with E-state index in [1.54, 1.807) is 12.1 Å². The van der Waals surface area contributed by atoms with Gasteiger partial charge in [0.05, 0.1) is 5.02 Å². The summed E-state index contributed by atoms with van der Waals surface area (Å²) in [5.41, 5.74) is 5.97. The van der Waals surface area contributed by atoms with Crippen LogP contribution in [0.1, 0.15) is 30.6 Å². The standard InChI is InChI=1S/C14H19ClN2O3/c1-9(2)6-7-17-12(18)8-20-14(19)13-10(15)4-3-5-11(13)16/h3-5,9H,6-8,16H2,1-2H3,(H,17,18). The zero-order valence-electron chi connectivity index (χ0n) is 11.6. The van der Waals surface area contributed by atoms with Gasteiger partial charge in [0.15, 0.2) is 6.61 Å². The Morgan fingerprint density at radius 3 is 2.70 bits per heavy atom. The molecule has 6 heteroatoms. The first-order valence-electron chi connectivity index (χ1n) is 6.39. The lowest BCUT2D eigenvalue weighted by Crippen LogP contribution is -2.30. The molecule has 0 heterocycles. The lowest BCUT2D eigenvalue weighted by atomic mass is 10.1. The maximum absolute atomic E-state index is 11.8. The highest BCUT2D eigenvalue weighted by Crippen LogP contribution is 2.22. The van der Waals surface area contributed by atoms with Gasteiger partial charge in [-0.05, 0) is 24.5 Å². The molecule has 5 nitrogen and oxygen atoms in total. The van der Waals surface area contributed by atoms with Crippen molar-refractivity contribution in [3.05, 3.63) is 28.8 Å². The Kier molecular flexibility index (Phi) is 6.31. The van der Waals surface area contributed by atoms with Gasteiger partial charge >= 0.3 is 5.97 Å². The van der Waals surface area contributed by atoms with Crippen LogP contribution >= 0.6 is 11.6 Å². The van der Waals surface area contributed by atoms with Crippen LogP contribution in [0.25, 0.3) is 0 Å². The van der Waals surface area contributed by atoms with Gasteiger partial charge in [0.25, 0.3) is 5.91 Å². The van der Waals surface area contributed by atoms with Crippen molar-refractivity contribution in [3.63, 3.8) is 0 Å². The lowest BCUT2D eigenvalue weighted by molar-refractivity contribution is -0.124. The molecule has 110 valence electrons. The number of nitrogen functional groups attached to an aromatic ring is 1. The molecule has 1 rings (SSSR count). The first-order valence-corrected chi connectivity index (χ1v) is 6.77. The number of nitrogens with one attached hydrogen (secondary N) is 1. The fourth-order valence-electron chi connectivity index (χ4n) is 1.51. The maximum atomic E-state index is 11.8. The summed E-state index contributed by atoms with van der Waals surface area (Å²) < 4.78 is 4.89. The number of amides is 1. The highest BCUT2D eigenvalue weighted by molar-refractivity contribution is 6.34. The number of ether oxygens (including phenoxy) is 1. The van der Waals surface area contributed by atoms with E-state index in [1.165, 1.54) is 6.07 Å². The van der Waals surface area contributed by atoms with Crippen LogP contribution in [0.3, 0.4) is 0 Å². The van der Waals surface area contributed by atoms with Crippen molar-refractivity contribution in [1.82, 2.24) is 5.32 Å². The van der Waals surface area contributed by atoms with Crippen LogP contribution in [-0.4, -0.2) is 25.0 Å². The molecule has 1 aromatic carbocycles. The molecule has 3 N–H and O–H groups in total. The zero-order valence-corrected chi connectivity index (χ0v) is 12.4. The van der Waals surface area contributed by atoms with E-state index in [2.05, 4.69) is 19.2 Å². The molecule has 0 spiro atoms. The normalized spacial score (nSPS) is 10.4. The van der Waals surface area contributed by atoms with Gasteiger partial charge in [-0.3, -0.25) is 4.79 Å². The molecule has 0 aliphatic rings. The molecule has 20 heavy (non-hydrogen) atoms. The van der Waals surface area contributed by atoms with Crippen LogP contribution in [0.4, 0.5) is 5.69 Å². The van der Waals surface area contributed by atoms with E-state index in [0.29, 0.717) is 12.5 Å². The summed E-state index contributed by atoms with van der Waals surface area (Å²) in [6.07, 6.45) is 0.872. The lowest BCUT2D eigenvalue weighted by Gasteiger charge is -2.09. The molecule has 1 amide bonds. The van der Waals surface area contributed by atoms with Crippen molar-refractivity contribution in [3.8, 4) is 0 Å². The van der Waals surface area contributed by atoms with Crippen molar-refractivity contribution in [2.45, 2.75) is 20.3 Å². The van der Waals surface area contributed by atoms with E-state index in [4.69, 9.17) is 22.1 Å². The summed E-state index contributed by atoms with van der Waals surface area (Å²) in [6.45, 7) is 4.34. The molecule has 0 unspecified atom stereocenters. The van der Waals surface area contributed by atoms with Crippen molar-refractivity contribution < 1.29 is 14.3 Å². The first kappa shape index (κ1) is 16.3. The molecule has 0 aliphatic heterocycles. The maximum Gasteiger partial charge on any atom is 0.342 e. The third kappa shape index (κ3) is 5.09. The third-order valence-corrected chi connectivity index (χ3v) is 2.94. The number of nitrogens with two attached hydrogens (primary N) is 1. The number of benzene rings is 1. The summed E-state index contributed by atoms with van der Waals surface area (Å²) in [6, 6.07) is 4.72. The monoisotopic (exact) mass is 298 g/mol. The Labute approximate surface area is 123 Å². The van der Waals surface area contributed by atoms with Gasteiger partial charge in [0.1, 0.15) is 5.56 Å². The minimum atomic E-state index is -0.702. The number of carbonyl (C=O) groups excluding carboxylic acids is 2. The molecular formula is C14H19ClN2O3. The Hall–Kier alpha value is -1.75. The van der Waals surface area contributed by atoms with Crippen LogP contribution in [0.2, 0.25) is 5.02 Å². The Morgan fingerprint density at radius 1 is 1.40 bits per heavy atom. The predicted octanol–water partition coefficient (Wildman–Crippen LogP) is 2.24. The SMILES string of the molecule is CC(C)CCNC(=O)COC(=O)c1c(N)cccc1Cl. The van der Waals surface area contributed by atoms with Crippen molar-refractivity contribution in [1.29, 1.82) is 0 Å². The molecule has 0 bridgehead atoms. The number of halogens is 1. The second-order valence-corrected chi connectivity index (χ2v) is 5.22. The van der Waals surface area contributed by atoms with Gasteiger partial charge in [0.2, 0.25) is 0 Å². The van der Waals surface area contributed by atoms with Crippen molar-refractivity contribution in [2.24, 2.45) is 5.92 Å². The number of carbonyl (C=O) groups is 2. The van der Waals surface area contributed by atoms with Crippen LogP contribution in [-0.2, 0) is 9.53 Å². The average Bonchev–Trinajstić information content (AvgIpc) is 2.35. The van der Waals surface area contributed by atoms with Gasteiger partial charge in [-0.25, -0.2) is 4.79 Å². The van der Waals surface area contributed by atoms with Gasteiger partial charge in [-0.1, -0.05) is 31.5 Å². The number of anilines is 1. The molecule has 0 radical (unpaired) electrons. The number of hydrogen-bond acceptors (Lipinski definition) is 4. The quantitative estimate of drug-likeness (QED) is 0.623. The zero-order chi connectivity index (χ0) is 15.1. The summed E-state index contributed by atoms with van der Waals surface area (Å²) in [7, 11) is 0. The van der Waals surface area contributed by atoms with E-state index >= 15 is 0 Å². The largest absolute Gasteiger partial charge is 0.452 e. The topological polar surface area (TPSA) is 81.4 Å². The summed E-state index contributed by atoms with van der Waals surface area (Å²) in [5.74, 6) is -0.544. The minimum Gasteiger partial charge on any atom is -0.452 e. The van der Waals surface area contributed by atoms with Crippen molar-refractivity contribution >= 4 is 29.2 Å². The number of rotatable bonds is 6. The molecule has 0 aliphatic carbocycles. The van der Waals surface area contributed by atoms with Crippen LogP contribution in [0, 0.1) is 5.92 Å². The van der Waals surface area contributed by atoms with Gasteiger partial charge in [-0.15, -0.1) is 0 Å². The summed E-state index contributed by atoms with van der Waals surface area (Å²) in [5, 5.41) is 2.87. The molecule has 0 fully saturated rings. The Bertz CT molecular complexity index is 469. The molecule has 0 atom stereocenters. The van der Waals surface area contributed by atoms with E-state index in [-0.39, 0.29) is 28.8 Å². The number of hydrogen-bond donors (Lipinski definition) is 2. The van der Waals surface area contributed by atoms with E-state index < -0.39 is 5.97 Å². The molecule has 0 saturated carbocycles. The molecule has 0 saturated heterocycles. The first-order chi connectivity index (χ1) is 9.41. The van der Waals surface area contributed by atoms with Crippen molar-refractivity contribution in [2.75, 3.05) is 18.9 Å². The Balaban J connectivity index is 2.45. The van der Waals surface area contributed by atoms with Gasteiger partial charge in [0, 0.05) is 12.2 Å². The van der Waals surface area contributed by atoms with E-state index in [0.717, 1.165) is 6.42 Å².